The number of ether oxygens (including phenoxy) is 1. The number of aromatic carboxylic acids is 1. The summed E-state index contributed by atoms with van der Waals surface area (Å²) < 4.78 is 42.4. The number of alkyl halides is 3. The molecule has 0 amide bonds. The Morgan fingerprint density at radius 3 is 2.46 bits per heavy atom. The maximum Gasteiger partial charge on any atom is 0.573 e. The first-order chi connectivity index (χ1) is 12.2. The third kappa shape index (κ3) is 3.66. The first-order valence-electron chi connectivity index (χ1n) is 7.32. The Bertz CT molecular complexity index is 950. The molecule has 0 unspecified atom stereocenters. The second-order valence-electron chi connectivity index (χ2n) is 5.36. The Balaban J connectivity index is 2.01. The molecular formula is C17H12F3N3O3. The van der Waals surface area contributed by atoms with Crippen LogP contribution in [0.4, 0.5) is 13.2 Å². The molecular weight excluding hydrogens is 351 g/mol. The van der Waals surface area contributed by atoms with Gasteiger partial charge in [0.05, 0.1) is 23.3 Å². The van der Waals surface area contributed by atoms with Gasteiger partial charge in [-0.1, -0.05) is 0 Å². The minimum absolute atomic E-state index is 0.0560. The van der Waals surface area contributed by atoms with Gasteiger partial charge in [0.2, 0.25) is 0 Å². The molecule has 0 atom stereocenters. The van der Waals surface area contributed by atoms with E-state index >= 15 is 0 Å². The lowest BCUT2D eigenvalue weighted by atomic mass is 10.1. The molecule has 0 aliphatic carbocycles. The molecule has 6 nitrogen and oxygen atoms in total. The molecule has 2 heterocycles. The molecule has 0 spiro atoms. The molecule has 1 aromatic carbocycles. The summed E-state index contributed by atoms with van der Waals surface area (Å²) in [6.45, 7) is 0. The number of halogens is 3. The van der Waals surface area contributed by atoms with Crippen molar-refractivity contribution in [3.63, 3.8) is 0 Å². The Morgan fingerprint density at radius 2 is 1.85 bits per heavy atom. The molecule has 1 N–H and O–H groups in total. The van der Waals surface area contributed by atoms with Crippen molar-refractivity contribution < 1.29 is 27.8 Å². The van der Waals surface area contributed by atoms with Crippen molar-refractivity contribution in [1.29, 1.82) is 0 Å². The van der Waals surface area contributed by atoms with Gasteiger partial charge in [0.1, 0.15) is 11.4 Å². The van der Waals surface area contributed by atoms with Crippen LogP contribution in [0.1, 0.15) is 10.4 Å². The molecule has 0 fully saturated rings. The largest absolute Gasteiger partial charge is 0.573 e. The highest BCUT2D eigenvalue weighted by molar-refractivity contribution is 5.89. The fourth-order valence-corrected chi connectivity index (χ4v) is 2.47. The van der Waals surface area contributed by atoms with Gasteiger partial charge >= 0.3 is 12.3 Å². The SMILES string of the molecule is Cn1cnc(-c2cc(C(=O)O)ccn2)c1-c1ccc(OC(F)(F)F)cc1. The Labute approximate surface area is 145 Å². The van der Waals surface area contributed by atoms with Crippen molar-refractivity contribution in [2.45, 2.75) is 6.36 Å². The van der Waals surface area contributed by atoms with Crippen LogP contribution in [-0.4, -0.2) is 32.0 Å². The number of aryl methyl sites for hydroxylation is 1. The predicted octanol–water partition coefficient (Wildman–Crippen LogP) is 3.75. The highest BCUT2D eigenvalue weighted by Gasteiger charge is 2.31. The smallest absolute Gasteiger partial charge is 0.478 e. The topological polar surface area (TPSA) is 77.2 Å². The molecule has 9 heteroatoms. The van der Waals surface area contributed by atoms with E-state index < -0.39 is 12.3 Å². The maximum absolute atomic E-state index is 12.3. The molecule has 26 heavy (non-hydrogen) atoms. The van der Waals surface area contributed by atoms with E-state index in [-0.39, 0.29) is 11.3 Å². The van der Waals surface area contributed by atoms with Crippen LogP contribution < -0.4 is 4.74 Å². The van der Waals surface area contributed by atoms with Gasteiger partial charge in [-0.15, -0.1) is 13.2 Å². The van der Waals surface area contributed by atoms with Crippen molar-refractivity contribution in [3.05, 3.63) is 54.5 Å². The molecule has 0 bridgehead atoms. The van der Waals surface area contributed by atoms with E-state index in [9.17, 15) is 18.0 Å². The van der Waals surface area contributed by atoms with Crippen LogP contribution in [0, 0.1) is 0 Å². The van der Waals surface area contributed by atoms with Crippen molar-refractivity contribution in [2.24, 2.45) is 7.05 Å². The molecule has 134 valence electrons. The molecule has 2 aromatic heterocycles. The number of pyridine rings is 1. The second kappa shape index (κ2) is 6.51. The van der Waals surface area contributed by atoms with Crippen LogP contribution in [0.3, 0.4) is 0 Å². The third-order valence-electron chi connectivity index (χ3n) is 3.55. The number of nitrogens with zero attached hydrogens (tertiary/aromatic N) is 3. The van der Waals surface area contributed by atoms with Crippen LogP contribution >= 0.6 is 0 Å². The fourth-order valence-electron chi connectivity index (χ4n) is 2.47. The average molecular weight is 363 g/mol. The van der Waals surface area contributed by atoms with Gasteiger partial charge in [0, 0.05) is 18.8 Å². The monoisotopic (exact) mass is 363 g/mol. The molecule has 0 aliphatic heterocycles. The molecule has 0 saturated heterocycles. The maximum atomic E-state index is 12.3. The zero-order valence-corrected chi connectivity index (χ0v) is 13.4. The van der Waals surface area contributed by atoms with Crippen LogP contribution in [0.2, 0.25) is 0 Å². The lowest BCUT2D eigenvalue weighted by Crippen LogP contribution is -2.16. The van der Waals surface area contributed by atoms with E-state index in [0.717, 1.165) is 0 Å². The number of hydrogen-bond acceptors (Lipinski definition) is 4. The van der Waals surface area contributed by atoms with E-state index in [0.29, 0.717) is 22.6 Å². The summed E-state index contributed by atoms with van der Waals surface area (Å²) in [6.07, 6.45) is -1.89. The summed E-state index contributed by atoms with van der Waals surface area (Å²) in [5.74, 6) is -1.43. The average Bonchev–Trinajstić information content (AvgIpc) is 2.96. The normalized spacial score (nSPS) is 11.4. The van der Waals surface area contributed by atoms with Gasteiger partial charge in [0.25, 0.3) is 0 Å². The van der Waals surface area contributed by atoms with Crippen molar-refractivity contribution in [1.82, 2.24) is 14.5 Å². The number of rotatable bonds is 4. The Kier molecular flexibility index (Phi) is 4.37. The van der Waals surface area contributed by atoms with Crippen LogP contribution in [0.25, 0.3) is 22.6 Å². The summed E-state index contributed by atoms with van der Waals surface area (Å²) in [5.41, 5.74) is 1.98. The molecule has 3 aromatic rings. The predicted molar refractivity (Wildman–Crippen MR) is 85.5 cm³/mol. The van der Waals surface area contributed by atoms with Gasteiger partial charge in [-0.3, -0.25) is 4.98 Å². The quantitative estimate of drug-likeness (QED) is 0.764. The minimum atomic E-state index is -4.76. The number of carboxylic acids is 1. The standard InChI is InChI=1S/C17H12F3N3O3/c1-23-9-22-14(13-8-11(16(24)25)6-7-21-13)15(23)10-2-4-12(5-3-10)26-17(18,19)20/h2-9H,1H3,(H,24,25). The Morgan fingerprint density at radius 1 is 1.15 bits per heavy atom. The molecule has 0 saturated carbocycles. The first kappa shape index (κ1) is 17.5. The third-order valence-corrected chi connectivity index (χ3v) is 3.55. The minimum Gasteiger partial charge on any atom is -0.478 e. The van der Waals surface area contributed by atoms with E-state index in [4.69, 9.17) is 5.11 Å². The highest BCUT2D eigenvalue weighted by atomic mass is 19.4. The number of hydrogen-bond donors (Lipinski definition) is 1. The van der Waals surface area contributed by atoms with Gasteiger partial charge in [-0.2, -0.15) is 0 Å². The lowest BCUT2D eigenvalue weighted by molar-refractivity contribution is -0.274. The number of benzene rings is 1. The highest BCUT2D eigenvalue weighted by Crippen LogP contribution is 2.32. The zero-order valence-electron chi connectivity index (χ0n) is 13.4. The van der Waals surface area contributed by atoms with E-state index in [1.165, 1.54) is 48.9 Å². The van der Waals surface area contributed by atoms with Crippen LogP contribution in [-0.2, 0) is 7.05 Å². The van der Waals surface area contributed by atoms with Crippen molar-refractivity contribution in [3.8, 4) is 28.4 Å². The summed E-state index contributed by atoms with van der Waals surface area (Å²) >= 11 is 0. The summed E-state index contributed by atoms with van der Waals surface area (Å²) in [4.78, 5) is 19.5. The summed E-state index contributed by atoms with van der Waals surface area (Å²) in [6, 6.07) is 8.06. The van der Waals surface area contributed by atoms with Gasteiger partial charge < -0.3 is 14.4 Å². The molecule has 0 aliphatic rings. The van der Waals surface area contributed by atoms with E-state index in [2.05, 4.69) is 14.7 Å². The second-order valence-corrected chi connectivity index (χ2v) is 5.36. The van der Waals surface area contributed by atoms with Crippen LogP contribution in [0.15, 0.2) is 48.9 Å². The summed E-state index contributed by atoms with van der Waals surface area (Å²) in [5, 5.41) is 9.11. The number of aromatic nitrogens is 3. The summed E-state index contributed by atoms with van der Waals surface area (Å²) in [7, 11) is 1.72. The molecule has 3 rings (SSSR count). The Hall–Kier alpha value is -3.36. The van der Waals surface area contributed by atoms with Gasteiger partial charge in [0.15, 0.2) is 0 Å². The molecule has 0 radical (unpaired) electrons. The fraction of sp³-hybridized carbons (Fsp3) is 0.118. The lowest BCUT2D eigenvalue weighted by Gasteiger charge is -2.10. The van der Waals surface area contributed by atoms with E-state index in [1.54, 1.807) is 11.6 Å². The number of carbonyl (C=O) groups is 1. The zero-order chi connectivity index (χ0) is 18.9. The van der Waals surface area contributed by atoms with Crippen LogP contribution in [0.5, 0.6) is 5.75 Å². The first-order valence-corrected chi connectivity index (χ1v) is 7.32. The van der Waals surface area contributed by atoms with Gasteiger partial charge in [-0.05, 0) is 36.4 Å². The number of carboxylic acid groups (broad SMARTS) is 1. The van der Waals surface area contributed by atoms with E-state index in [1.807, 2.05) is 0 Å². The van der Waals surface area contributed by atoms with Gasteiger partial charge in [-0.25, -0.2) is 9.78 Å². The van der Waals surface area contributed by atoms with Crippen molar-refractivity contribution in [2.75, 3.05) is 0 Å². The number of imidazole rings is 1. The van der Waals surface area contributed by atoms with Crippen molar-refractivity contribution >= 4 is 5.97 Å².